The zero-order valence-electron chi connectivity index (χ0n) is 19.2. The number of anilines is 2. The number of nitrogens with one attached hydrogen (secondary N) is 1. The fraction of sp³-hybridized carbons (Fsp3) is 0.269. The van der Waals surface area contributed by atoms with Crippen molar-refractivity contribution in [1.29, 1.82) is 0 Å². The first-order valence-electron chi connectivity index (χ1n) is 10.9. The van der Waals surface area contributed by atoms with Crippen molar-refractivity contribution in [2.75, 3.05) is 16.2 Å². The molecule has 1 unspecified atom stereocenters. The molecule has 1 N–H and O–H groups in total. The Morgan fingerprint density at radius 2 is 1.67 bits per heavy atom. The van der Waals surface area contributed by atoms with Crippen LogP contribution in [0.4, 0.5) is 11.4 Å². The average Bonchev–Trinajstić information content (AvgIpc) is 2.78. The highest BCUT2D eigenvalue weighted by Gasteiger charge is 2.37. The molecule has 0 spiro atoms. The van der Waals surface area contributed by atoms with Gasteiger partial charge in [0.25, 0.3) is 15.9 Å². The summed E-state index contributed by atoms with van der Waals surface area (Å²) >= 11 is 0. The lowest BCUT2D eigenvalue weighted by atomic mass is 10.0. The summed E-state index contributed by atoms with van der Waals surface area (Å²) in [6.45, 7) is 7.78. The van der Waals surface area contributed by atoms with Crippen molar-refractivity contribution in [2.24, 2.45) is 0 Å². The van der Waals surface area contributed by atoms with Gasteiger partial charge < -0.3 is 10.1 Å². The Labute approximate surface area is 195 Å². The lowest BCUT2D eigenvalue weighted by molar-refractivity contribution is -0.122. The van der Waals surface area contributed by atoms with Crippen LogP contribution in [-0.2, 0) is 14.8 Å². The highest BCUT2D eigenvalue weighted by atomic mass is 32.2. The number of sulfonamides is 1. The van der Waals surface area contributed by atoms with Gasteiger partial charge in [-0.3, -0.25) is 9.10 Å². The minimum Gasteiger partial charge on any atom is -0.476 e. The predicted molar refractivity (Wildman–Crippen MR) is 130 cm³/mol. The second-order valence-corrected chi connectivity index (χ2v) is 10.5. The molecule has 7 heteroatoms. The van der Waals surface area contributed by atoms with Gasteiger partial charge in [0.15, 0.2) is 6.10 Å². The second-order valence-electron chi connectivity index (χ2n) is 8.66. The van der Waals surface area contributed by atoms with Gasteiger partial charge in [0.2, 0.25) is 0 Å². The average molecular weight is 465 g/mol. The van der Waals surface area contributed by atoms with Crippen LogP contribution >= 0.6 is 0 Å². The van der Waals surface area contributed by atoms with Crippen LogP contribution < -0.4 is 14.4 Å². The van der Waals surface area contributed by atoms with Crippen molar-refractivity contribution < 1.29 is 17.9 Å². The molecule has 172 valence electrons. The predicted octanol–water partition coefficient (Wildman–Crippen LogP) is 5.02. The highest BCUT2D eigenvalue weighted by molar-refractivity contribution is 7.92. The van der Waals surface area contributed by atoms with Crippen LogP contribution in [0.15, 0.2) is 71.6 Å². The van der Waals surface area contributed by atoms with E-state index >= 15 is 0 Å². The molecule has 3 aromatic rings. The molecule has 0 saturated heterocycles. The van der Waals surface area contributed by atoms with Crippen LogP contribution in [0.5, 0.6) is 5.75 Å². The van der Waals surface area contributed by atoms with E-state index in [1.807, 2.05) is 44.2 Å². The second kappa shape index (κ2) is 8.90. The van der Waals surface area contributed by atoms with Gasteiger partial charge in [0.05, 0.1) is 17.1 Å². The van der Waals surface area contributed by atoms with Gasteiger partial charge in [-0.1, -0.05) is 55.8 Å². The Hall–Kier alpha value is -3.32. The quantitative estimate of drug-likeness (QED) is 0.575. The van der Waals surface area contributed by atoms with Crippen LogP contribution in [0, 0.1) is 13.8 Å². The van der Waals surface area contributed by atoms with Crippen molar-refractivity contribution >= 4 is 27.3 Å². The van der Waals surface area contributed by atoms with Crippen molar-refractivity contribution in [3.05, 3.63) is 83.4 Å². The van der Waals surface area contributed by atoms with Gasteiger partial charge in [-0.2, -0.15) is 0 Å². The van der Waals surface area contributed by atoms with E-state index in [2.05, 4.69) is 19.2 Å². The van der Waals surface area contributed by atoms with Gasteiger partial charge in [-0.25, -0.2) is 8.42 Å². The van der Waals surface area contributed by atoms with E-state index in [0.29, 0.717) is 17.1 Å². The van der Waals surface area contributed by atoms with Crippen LogP contribution in [-0.4, -0.2) is 27.0 Å². The van der Waals surface area contributed by atoms with Crippen LogP contribution in [0.2, 0.25) is 0 Å². The zero-order chi connectivity index (χ0) is 23.8. The lowest BCUT2D eigenvalue weighted by Crippen LogP contribution is -2.49. The molecule has 0 radical (unpaired) electrons. The molecule has 6 nitrogen and oxygen atoms in total. The Morgan fingerprint density at radius 1 is 1.00 bits per heavy atom. The number of hydrogen-bond donors (Lipinski definition) is 1. The molecular formula is C26H28N2O4S. The largest absolute Gasteiger partial charge is 0.476 e. The molecule has 1 atom stereocenters. The molecule has 1 aliphatic rings. The molecule has 0 fully saturated rings. The summed E-state index contributed by atoms with van der Waals surface area (Å²) in [5.74, 6) is 0.198. The standard InChI is InChI=1S/C26H28N2O4S/c1-17(2)21-7-5-6-8-22(21)27-26(29)25-16-28(23-14-11-19(4)15-24(23)32-25)33(30,31)20-12-9-18(3)10-13-20/h5-15,17,25H,16H2,1-4H3,(H,27,29). The number of carbonyl (C=O) groups excluding carboxylic acids is 1. The van der Waals surface area contributed by atoms with E-state index in [1.165, 1.54) is 4.31 Å². The summed E-state index contributed by atoms with van der Waals surface area (Å²) in [6.07, 6.45) is -1.00. The zero-order valence-corrected chi connectivity index (χ0v) is 20.0. The first-order chi connectivity index (χ1) is 15.7. The number of amides is 1. The Bertz CT molecular complexity index is 1280. The molecule has 4 rings (SSSR count). The number of aryl methyl sites for hydroxylation is 2. The molecule has 0 aliphatic carbocycles. The van der Waals surface area contributed by atoms with Crippen LogP contribution in [0.25, 0.3) is 0 Å². The Morgan fingerprint density at radius 3 is 2.36 bits per heavy atom. The number of fused-ring (bicyclic) bond motifs is 1. The van der Waals surface area contributed by atoms with E-state index in [-0.39, 0.29) is 23.3 Å². The molecule has 1 aliphatic heterocycles. The van der Waals surface area contributed by atoms with Crippen molar-refractivity contribution in [3.63, 3.8) is 0 Å². The molecular weight excluding hydrogens is 436 g/mol. The van der Waals surface area contributed by atoms with Gasteiger partial charge >= 0.3 is 0 Å². The molecule has 0 bridgehead atoms. The topological polar surface area (TPSA) is 75.7 Å². The third kappa shape index (κ3) is 4.59. The molecule has 3 aromatic carbocycles. The number of para-hydroxylation sites is 1. The van der Waals surface area contributed by atoms with Gasteiger partial charge in [-0.05, 0) is 61.2 Å². The minimum atomic E-state index is -3.89. The summed E-state index contributed by atoms with van der Waals surface area (Å²) < 4.78 is 34.4. The lowest BCUT2D eigenvalue weighted by Gasteiger charge is -2.35. The van der Waals surface area contributed by atoms with Crippen molar-refractivity contribution in [1.82, 2.24) is 0 Å². The normalized spacial score (nSPS) is 15.7. The summed E-state index contributed by atoms with van der Waals surface area (Å²) in [6, 6.07) is 19.6. The number of ether oxygens (including phenoxy) is 1. The number of hydrogen-bond acceptors (Lipinski definition) is 4. The Balaban J connectivity index is 1.70. The smallest absolute Gasteiger partial charge is 0.267 e. The molecule has 33 heavy (non-hydrogen) atoms. The van der Waals surface area contributed by atoms with E-state index in [9.17, 15) is 13.2 Å². The third-order valence-electron chi connectivity index (χ3n) is 5.73. The third-order valence-corrected chi connectivity index (χ3v) is 7.52. The van der Waals surface area contributed by atoms with Crippen LogP contribution in [0.3, 0.4) is 0 Å². The molecule has 0 aromatic heterocycles. The maximum atomic E-state index is 13.6. The van der Waals surface area contributed by atoms with Crippen molar-refractivity contribution in [3.8, 4) is 5.75 Å². The van der Waals surface area contributed by atoms with E-state index in [0.717, 1.165) is 16.7 Å². The fourth-order valence-electron chi connectivity index (χ4n) is 3.89. The van der Waals surface area contributed by atoms with Crippen molar-refractivity contribution in [2.45, 2.75) is 44.6 Å². The summed E-state index contributed by atoms with van der Waals surface area (Å²) in [5.41, 5.74) is 4.00. The van der Waals surface area contributed by atoms with E-state index < -0.39 is 16.1 Å². The Kier molecular flexibility index (Phi) is 6.17. The minimum absolute atomic E-state index is 0.123. The number of carbonyl (C=O) groups is 1. The SMILES string of the molecule is Cc1ccc(S(=O)(=O)N2CC(C(=O)Nc3ccccc3C(C)C)Oc3cc(C)ccc32)cc1. The molecule has 0 saturated carbocycles. The van der Waals surface area contributed by atoms with Gasteiger partial charge in [-0.15, -0.1) is 0 Å². The first kappa shape index (κ1) is 22.9. The maximum absolute atomic E-state index is 13.6. The number of benzene rings is 3. The fourth-order valence-corrected chi connectivity index (χ4v) is 5.37. The molecule has 1 amide bonds. The summed E-state index contributed by atoms with van der Waals surface area (Å²) in [7, 11) is -3.89. The van der Waals surface area contributed by atoms with Gasteiger partial charge in [0.1, 0.15) is 5.75 Å². The monoisotopic (exact) mass is 464 g/mol. The molecule has 1 heterocycles. The maximum Gasteiger partial charge on any atom is 0.267 e. The highest BCUT2D eigenvalue weighted by Crippen LogP contribution is 2.38. The first-order valence-corrected chi connectivity index (χ1v) is 12.4. The number of rotatable bonds is 5. The summed E-state index contributed by atoms with van der Waals surface area (Å²) in [4.78, 5) is 13.4. The summed E-state index contributed by atoms with van der Waals surface area (Å²) in [5, 5.41) is 2.94. The number of nitrogens with zero attached hydrogens (tertiary/aromatic N) is 1. The van der Waals surface area contributed by atoms with Gasteiger partial charge in [0, 0.05) is 5.69 Å². The van der Waals surface area contributed by atoms with Crippen LogP contribution in [0.1, 0.15) is 36.5 Å². The van der Waals surface area contributed by atoms with E-state index in [4.69, 9.17) is 4.74 Å². The van der Waals surface area contributed by atoms with E-state index in [1.54, 1.807) is 36.4 Å².